The first kappa shape index (κ1) is 16.5. The van der Waals surface area contributed by atoms with Crippen LogP contribution >= 0.6 is 0 Å². The van der Waals surface area contributed by atoms with Crippen molar-refractivity contribution in [1.82, 2.24) is 4.98 Å². The van der Waals surface area contributed by atoms with Crippen LogP contribution in [0.15, 0.2) is 66.9 Å². The molecule has 0 saturated heterocycles. The molecule has 0 spiro atoms. The molecule has 2 aromatic carbocycles. The topological polar surface area (TPSA) is 63.2 Å². The molecule has 1 aromatic heterocycles. The molecular formula is C20H19N3O2. The highest BCUT2D eigenvalue weighted by Gasteiger charge is 2.08. The molecule has 0 atom stereocenters. The second-order valence-corrected chi connectivity index (χ2v) is 5.61. The summed E-state index contributed by atoms with van der Waals surface area (Å²) in [7, 11) is 1.60. The van der Waals surface area contributed by atoms with Gasteiger partial charge in [0.25, 0.3) is 5.91 Å². The fourth-order valence-corrected chi connectivity index (χ4v) is 2.36. The Morgan fingerprint density at radius 2 is 1.72 bits per heavy atom. The molecule has 3 aromatic rings. The minimum atomic E-state index is -0.257. The number of ether oxygens (including phenoxy) is 1. The zero-order valence-electron chi connectivity index (χ0n) is 14.1. The molecule has 3 rings (SSSR count). The van der Waals surface area contributed by atoms with Crippen molar-refractivity contribution < 1.29 is 9.53 Å². The third-order valence-corrected chi connectivity index (χ3v) is 3.65. The third-order valence-electron chi connectivity index (χ3n) is 3.65. The summed E-state index contributed by atoms with van der Waals surface area (Å²) in [6.45, 7) is 2.04. The maximum atomic E-state index is 12.3. The minimum absolute atomic E-state index is 0.257. The van der Waals surface area contributed by atoms with Gasteiger partial charge in [-0.25, -0.2) is 4.98 Å². The molecule has 126 valence electrons. The van der Waals surface area contributed by atoms with E-state index >= 15 is 0 Å². The molecule has 0 aliphatic rings. The average Bonchev–Trinajstić information content (AvgIpc) is 2.63. The van der Waals surface area contributed by atoms with Crippen LogP contribution in [0.4, 0.5) is 17.1 Å². The van der Waals surface area contributed by atoms with Crippen LogP contribution in [-0.2, 0) is 0 Å². The van der Waals surface area contributed by atoms with Gasteiger partial charge in [-0.1, -0.05) is 12.1 Å². The number of hydrogen-bond donors (Lipinski definition) is 2. The van der Waals surface area contributed by atoms with E-state index in [1.807, 2.05) is 37.3 Å². The lowest BCUT2D eigenvalue weighted by atomic mass is 10.2. The van der Waals surface area contributed by atoms with Crippen LogP contribution in [0, 0.1) is 6.92 Å². The Hall–Kier alpha value is -3.34. The number of aryl methyl sites for hydroxylation is 1. The van der Waals surface area contributed by atoms with Crippen molar-refractivity contribution in [3.8, 4) is 5.75 Å². The van der Waals surface area contributed by atoms with Gasteiger partial charge in [0.05, 0.1) is 19.0 Å². The Balaban J connectivity index is 1.65. The van der Waals surface area contributed by atoms with Crippen molar-refractivity contribution in [3.05, 3.63) is 78.1 Å². The summed E-state index contributed by atoms with van der Waals surface area (Å²) in [5, 5.41) is 6.07. The van der Waals surface area contributed by atoms with Crippen LogP contribution < -0.4 is 15.4 Å². The number of rotatable bonds is 5. The molecule has 2 N–H and O–H groups in total. The molecule has 0 radical (unpaired) electrons. The number of nitrogens with one attached hydrogen (secondary N) is 2. The van der Waals surface area contributed by atoms with Gasteiger partial charge in [0, 0.05) is 11.4 Å². The number of pyridine rings is 1. The number of hydrogen-bond acceptors (Lipinski definition) is 4. The van der Waals surface area contributed by atoms with Gasteiger partial charge in [0.1, 0.15) is 11.4 Å². The summed E-state index contributed by atoms with van der Waals surface area (Å²) in [4.78, 5) is 16.5. The normalized spacial score (nSPS) is 10.2. The Bertz CT molecular complexity index is 859. The number of nitrogens with zero attached hydrogens (tertiary/aromatic N) is 1. The van der Waals surface area contributed by atoms with E-state index in [4.69, 9.17) is 4.74 Å². The highest BCUT2D eigenvalue weighted by atomic mass is 16.5. The maximum absolute atomic E-state index is 12.3. The van der Waals surface area contributed by atoms with E-state index in [-0.39, 0.29) is 5.91 Å². The molecule has 1 amide bonds. The summed E-state index contributed by atoms with van der Waals surface area (Å²) in [6, 6.07) is 18.7. The summed E-state index contributed by atoms with van der Waals surface area (Å²) >= 11 is 0. The van der Waals surface area contributed by atoms with Crippen LogP contribution in [0.1, 0.15) is 16.1 Å². The lowest BCUT2D eigenvalue weighted by molar-refractivity contribution is 0.102. The Labute approximate surface area is 146 Å². The predicted octanol–water partition coefficient (Wildman–Crippen LogP) is 4.39. The molecule has 0 fully saturated rings. The van der Waals surface area contributed by atoms with E-state index in [0.29, 0.717) is 11.4 Å². The van der Waals surface area contributed by atoms with Gasteiger partial charge in [-0.3, -0.25) is 4.79 Å². The lowest BCUT2D eigenvalue weighted by Gasteiger charge is -2.08. The predicted molar refractivity (Wildman–Crippen MR) is 99.6 cm³/mol. The number of aromatic nitrogens is 1. The Morgan fingerprint density at radius 1 is 0.960 bits per heavy atom. The van der Waals surface area contributed by atoms with Gasteiger partial charge in [-0.15, -0.1) is 0 Å². The fraction of sp³-hybridized carbons (Fsp3) is 0.100. The van der Waals surface area contributed by atoms with Gasteiger partial charge in [-0.2, -0.15) is 0 Å². The third kappa shape index (κ3) is 4.35. The Morgan fingerprint density at radius 3 is 2.36 bits per heavy atom. The number of carbonyl (C=O) groups is 1. The van der Waals surface area contributed by atoms with Gasteiger partial charge in [0.2, 0.25) is 0 Å². The molecule has 1 heterocycles. The van der Waals surface area contributed by atoms with E-state index in [2.05, 4.69) is 15.6 Å². The SMILES string of the molecule is COc1ccc(NC(=O)c2ccc(Nc3cccc(C)c3)cn2)cc1. The molecule has 5 heteroatoms. The van der Waals surface area contributed by atoms with E-state index in [9.17, 15) is 4.79 Å². The number of amides is 1. The first-order valence-corrected chi connectivity index (χ1v) is 7.89. The Kier molecular flexibility index (Phi) is 4.95. The molecule has 25 heavy (non-hydrogen) atoms. The van der Waals surface area contributed by atoms with E-state index in [1.165, 1.54) is 5.56 Å². The smallest absolute Gasteiger partial charge is 0.274 e. The molecular weight excluding hydrogens is 314 g/mol. The second kappa shape index (κ2) is 7.49. The van der Waals surface area contributed by atoms with E-state index in [0.717, 1.165) is 17.1 Å². The second-order valence-electron chi connectivity index (χ2n) is 5.61. The van der Waals surface area contributed by atoms with Crippen LogP contribution in [-0.4, -0.2) is 18.0 Å². The molecule has 0 aliphatic carbocycles. The summed E-state index contributed by atoms with van der Waals surface area (Å²) in [6.07, 6.45) is 1.64. The van der Waals surface area contributed by atoms with Gasteiger partial charge in [0.15, 0.2) is 0 Å². The highest BCUT2D eigenvalue weighted by molar-refractivity contribution is 6.03. The van der Waals surface area contributed by atoms with Crippen LogP contribution in [0.5, 0.6) is 5.75 Å². The highest BCUT2D eigenvalue weighted by Crippen LogP contribution is 2.18. The van der Waals surface area contributed by atoms with Crippen molar-refractivity contribution in [2.45, 2.75) is 6.92 Å². The molecule has 0 unspecified atom stereocenters. The van der Waals surface area contributed by atoms with Crippen molar-refractivity contribution in [1.29, 1.82) is 0 Å². The first-order chi connectivity index (χ1) is 12.1. The zero-order valence-corrected chi connectivity index (χ0v) is 14.1. The zero-order chi connectivity index (χ0) is 17.6. The summed E-state index contributed by atoms with van der Waals surface area (Å²) in [5.74, 6) is 0.481. The maximum Gasteiger partial charge on any atom is 0.274 e. The van der Waals surface area contributed by atoms with Crippen molar-refractivity contribution in [3.63, 3.8) is 0 Å². The van der Waals surface area contributed by atoms with Crippen LogP contribution in [0.2, 0.25) is 0 Å². The van der Waals surface area contributed by atoms with Gasteiger partial charge in [-0.05, 0) is 61.0 Å². The summed E-state index contributed by atoms with van der Waals surface area (Å²) < 4.78 is 5.10. The van der Waals surface area contributed by atoms with Crippen molar-refractivity contribution >= 4 is 23.0 Å². The summed E-state index contributed by atoms with van der Waals surface area (Å²) in [5.41, 5.74) is 4.03. The number of anilines is 3. The number of benzene rings is 2. The number of carbonyl (C=O) groups excluding carboxylic acids is 1. The van der Waals surface area contributed by atoms with Crippen LogP contribution in [0.25, 0.3) is 0 Å². The quantitative estimate of drug-likeness (QED) is 0.727. The largest absolute Gasteiger partial charge is 0.497 e. The van der Waals surface area contributed by atoms with Crippen molar-refractivity contribution in [2.75, 3.05) is 17.7 Å². The first-order valence-electron chi connectivity index (χ1n) is 7.89. The van der Waals surface area contributed by atoms with E-state index < -0.39 is 0 Å². The minimum Gasteiger partial charge on any atom is -0.497 e. The van der Waals surface area contributed by atoms with Crippen molar-refractivity contribution in [2.24, 2.45) is 0 Å². The average molecular weight is 333 g/mol. The van der Waals surface area contributed by atoms with Crippen LogP contribution in [0.3, 0.4) is 0 Å². The standard InChI is InChI=1S/C20H19N3O2/c1-14-4-3-5-16(12-14)22-17-8-11-19(21-13-17)20(24)23-15-6-9-18(25-2)10-7-15/h3-13,22H,1-2H3,(H,23,24). The molecule has 0 bridgehead atoms. The van der Waals surface area contributed by atoms with Gasteiger partial charge < -0.3 is 15.4 Å². The molecule has 0 saturated carbocycles. The lowest BCUT2D eigenvalue weighted by Crippen LogP contribution is -2.13. The molecule has 5 nitrogen and oxygen atoms in total. The number of methoxy groups -OCH3 is 1. The molecule has 0 aliphatic heterocycles. The fourth-order valence-electron chi connectivity index (χ4n) is 2.36. The van der Waals surface area contributed by atoms with E-state index in [1.54, 1.807) is 43.6 Å². The monoisotopic (exact) mass is 333 g/mol. The van der Waals surface area contributed by atoms with Gasteiger partial charge >= 0.3 is 0 Å².